The highest BCUT2D eigenvalue weighted by Crippen LogP contribution is 2.42. The summed E-state index contributed by atoms with van der Waals surface area (Å²) in [6.45, 7) is 0. The van der Waals surface area contributed by atoms with Crippen LogP contribution in [0.15, 0.2) is 42.5 Å². The van der Waals surface area contributed by atoms with E-state index in [9.17, 15) is 9.18 Å². The first-order valence-corrected chi connectivity index (χ1v) is 5.80. The Balaban J connectivity index is 2.25. The predicted octanol–water partition coefficient (Wildman–Crippen LogP) is 3.14. The molecule has 3 nitrogen and oxygen atoms in total. The lowest BCUT2D eigenvalue weighted by Gasteiger charge is -2.26. The molecule has 1 N–H and O–H groups in total. The molecule has 2 aromatic rings. The van der Waals surface area contributed by atoms with Gasteiger partial charge in [-0.05, 0) is 23.8 Å². The summed E-state index contributed by atoms with van der Waals surface area (Å²) in [5, 5.41) is 7.08. The standard InChI is InChI=1S/C15H10FNO2/c16-9-5-6-10-11-3-1-2-4-14(11)19-15(12(10)7-9)13(18)8-17/h1-8,15,17H. The first kappa shape index (κ1) is 11.6. The first-order valence-electron chi connectivity index (χ1n) is 5.80. The van der Waals surface area contributed by atoms with Crippen LogP contribution in [0.4, 0.5) is 4.39 Å². The Hall–Kier alpha value is -2.49. The molecule has 1 heterocycles. The van der Waals surface area contributed by atoms with Gasteiger partial charge in [0.15, 0.2) is 6.10 Å². The van der Waals surface area contributed by atoms with Crippen LogP contribution in [0.5, 0.6) is 5.75 Å². The molecule has 94 valence electrons. The maximum atomic E-state index is 13.4. The van der Waals surface area contributed by atoms with E-state index in [0.29, 0.717) is 17.5 Å². The summed E-state index contributed by atoms with van der Waals surface area (Å²) in [6, 6.07) is 11.6. The van der Waals surface area contributed by atoms with Crippen LogP contribution in [0.25, 0.3) is 11.1 Å². The number of para-hydroxylation sites is 1. The summed E-state index contributed by atoms with van der Waals surface area (Å²) in [4.78, 5) is 11.8. The maximum absolute atomic E-state index is 13.4. The number of hydrogen-bond acceptors (Lipinski definition) is 3. The van der Waals surface area contributed by atoms with Crippen molar-refractivity contribution in [2.24, 2.45) is 0 Å². The second-order valence-corrected chi connectivity index (χ2v) is 4.27. The molecular weight excluding hydrogens is 245 g/mol. The van der Waals surface area contributed by atoms with Gasteiger partial charge in [-0.3, -0.25) is 4.79 Å². The molecule has 3 rings (SSSR count). The molecule has 19 heavy (non-hydrogen) atoms. The summed E-state index contributed by atoms with van der Waals surface area (Å²) in [7, 11) is 0. The van der Waals surface area contributed by atoms with Crippen molar-refractivity contribution in [3.05, 3.63) is 53.8 Å². The molecule has 0 fully saturated rings. The van der Waals surface area contributed by atoms with Crippen LogP contribution >= 0.6 is 0 Å². The Morgan fingerprint density at radius 2 is 2.00 bits per heavy atom. The van der Waals surface area contributed by atoms with Gasteiger partial charge in [0.05, 0.1) is 6.21 Å². The Morgan fingerprint density at radius 3 is 2.79 bits per heavy atom. The van der Waals surface area contributed by atoms with Gasteiger partial charge in [0.25, 0.3) is 0 Å². The van der Waals surface area contributed by atoms with E-state index < -0.39 is 17.7 Å². The van der Waals surface area contributed by atoms with Gasteiger partial charge in [0, 0.05) is 11.1 Å². The maximum Gasteiger partial charge on any atom is 0.218 e. The van der Waals surface area contributed by atoms with Crippen molar-refractivity contribution >= 4 is 12.0 Å². The molecule has 0 radical (unpaired) electrons. The molecule has 0 saturated carbocycles. The van der Waals surface area contributed by atoms with Gasteiger partial charge < -0.3 is 10.1 Å². The summed E-state index contributed by atoms with van der Waals surface area (Å²) < 4.78 is 19.0. The topological polar surface area (TPSA) is 50.2 Å². The normalized spacial score (nSPS) is 15.9. The summed E-state index contributed by atoms with van der Waals surface area (Å²) >= 11 is 0. The number of nitrogens with one attached hydrogen (secondary N) is 1. The molecule has 1 atom stereocenters. The molecule has 0 amide bonds. The van der Waals surface area contributed by atoms with Gasteiger partial charge in [-0.25, -0.2) is 4.39 Å². The second kappa shape index (κ2) is 4.31. The van der Waals surface area contributed by atoms with Crippen LogP contribution in [-0.4, -0.2) is 12.0 Å². The van der Waals surface area contributed by atoms with Gasteiger partial charge in [-0.1, -0.05) is 24.3 Å². The number of ether oxygens (including phenoxy) is 1. The Labute approximate surface area is 109 Å². The number of fused-ring (bicyclic) bond motifs is 3. The zero-order valence-electron chi connectivity index (χ0n) is 9.89. The van der Waals surface area contributed by atoms with Crippen molar-refractivity contribution in [1.29, 1.82) is 5.41 Å². The minimum atomic E-state index is -0.946. The van der Waals surface area contributed by atoms with E-state index in [4.69, 9.17) is 10.1 Å². The zero-order valence-corrected chi connectivity index (χ0v) is 9.89. The van der Waals surface area contributed by atoms with E-state index in [1.807, 2.05) is 12.1 Å². The van der Waals surface area contributed by atoms with E-state index in [1.54, 1.807) is 18.2 Å². The smallest absolute Gasteiger partial charge is 0.218 e. The average Bonchev–Trinajstić information content (AvgIpc) is 2.45. The number of carbonyl (C=O) groups excluding carboxylic acids is 1. The number of benzene rings is 2. The van der Waals surface area contributed by atoms with Crippen molar-refractivity contribution in [3.63, 3.8) is 0 Å². The largest absolute Gasteiger partial charge is 0.477 e. The fourth-order valence-corrected chi connectivity index (χ4v) is 2.27. The second-order valence-electron chi connectivity index (χ2n) is 4.27. The quantitative estimate of drug-likeness (QED) is 0.838. The predicted molar refractivity (Wildman–Crippen MR) is 69.0 cm³/mol. The van der Waals surface area contributed by atoms with Crippen LogP contribution in [0.2, 0.25) is 0 Å². The molecule has 0 aromatic heterocycles. The Bertz CT molecular complexity index is 682. The van der Waals surface area contributed by atoms with Crippen molar-refractivity contribution < 1.29 is 13.9 Å². The van der Waals surface area contributed by atoms with Crippen LogP contribution in [0, 0.1) is 11.2 Å². The van der Waals surface area contributed by atoms with Crippen LogP contribution in [-0.2, 0) is 4.79 Å². The lowest BCUT2D eigenvalue weighted by Crippen LogP contribution is -2.23. The molecule has 0 saturated heterocycles. The fraction of sp³-hybridized carbons (Fsp3) is 0.0667. The van der Waals surface area contributed by atoms with Gasteiger partial charge in [-0.15, -0.1) is 0 Å². The molecule has 1 unspecified atom stereocenters. The van der Waals surface area contributed by atoms with Gasteiger partial charge >= 0.3 is 0 Å². The van der Waals surface area contributed by atoms with Crippen LogP contribution in [0.1, 0.15) is 11.7 Å². The van der Waals surface area contributed by atoms with Crippen LogP contribution < -0.4 is 4.74 Å². The molecule has 0 bridgehead atoms. The molecule has 0 spiro atoms. The van der Waals surface area contributed by atoms with E-state index >= 15 is 0 Å². The SMILES string of the molecule is N=CC(=O)C1Oc2ccccc2-c2ccc(F)cc21. The number of hydrogen-bond donors (Lipinski definition) is 1. The molecule has 1 aliphatic heterocycles. The van der Waals surface area contributed by atoms with Gasteiger partial charge in [-0.2, -0.15) is 0 Å². The number of Topliss-reactive ketones (excluding diaryl/α,β-unsaturated/α-hetero) is 1. The third kappa shape index (κ3) is 1.81. The number of halogens is 1. The fourth-order valence-electron chi connectivity index (χ4n) is 2.27. The zero-order chi connectivity index (χ0) is 13.4. The lowest BCUT2D eigenvalue weighted by molar-refractivity contribution is -0.119. The minimum absolute atomic E-state index is 0.426. The third-order valence-corrected chi connectivity index (χ3v) is 3.12. The monoisotopic (exact) mass is 255 g/mol. The van der Waals surface area contributed by atoms with Crippen molar-refractivity contribution in [3.8, 4) is 16.9 Å². The molecule has 1 aliphatic rings. The Morgan fingerprint density at radius 1 is 1.21 bits per heavy atom. The number of ketones is 1. The molecule has 0 aliphatic carbocycles. The summed E-state index contributed by atoms with van der Waals surface area (Å²) in [6.07, 6.45) is -0.245. The summed E-state index contributed by atoms with van der Waals surface area (Å²) in [5.41, 5.74) is 2.06. The minimum Gasteiger partial charge on any atom is -0.477 e. The van der Waals surface area contributed by atoms with Crippen molar-refractivity contribution in [2.45, 2.75) is 6.10 Å². The molecule has 2 aromatic carbocycles. The first-order chi connectivity index (χ1) is 9.20. The number of rotatable bonds is 2. The summed E-state index contributed by atoms with van der Waals surface area (Å²) in [5.74, 6) is -0.354. The number of carbonyl (C=O) groups is 1. The highest BCUT2D eigenvalue weighted by atomic mass is 19.1. The van der Waals surface area contributed by atoms with Crippen molar-refractivity contribution in [2.75, 3.05) is 0 Å². The van der Waals surface area contributed by atoms with E-state index in [1.165, 1.54) is 12.1 Å². The van der Waals surface area contributed by atoms with E-state index in [-0.39, 0.29) is 0 Å². The highest BCUT2D eigenvalue weighted by molar-refractivity contribution is 6.28. The van der Waals surface area contributed by atoms with Crippen molar-refractivity contribution in [1.82, 2.24) is 0 Å². The van der Waals surface area contributed by atoms with E-state index in [0.717, 1.165) is 11.1 Å². The highest BCUT2D eigenvalue weighted by Gasteiger charge is 2.30. The van der Waals surface area contributed by atoms with Crippen LogP contribution in [0.3, 0.4) is 0 Å². The lowest BCUT2D eigenvalue weighted by atomic mass is 9.91. The van der Waals surface area contributed by atoms with Gasteiger partial charge in [0.1, 0.15) is 11.6 Å². The Kier molecular flexibility index (Phi) is 2.63. The van der Waals surface area contributed by atoms with Gasteiger partial charge in [0.2, 0.25) is 5.78 Å². The molecular formula is C15H10FNO2. The van der Waals surface area contributed by atoms with E-state index in [2.05, 4.69) is 0 Å². The average molecular weight is 255 g/mol. The third-order valence-electron chi connectivity index (χ3n) is 3.12. The molecule has 4 heteroatoms.